The summed E-state index contributed by atoms with van der Waals surface area (Å²) in [5.41, 5.74) is 4.08. The Bertz CT molecular complexity index is 1600. The predicted molar refractivity (Wildman–Crippen MR) is 159 cm³/mol. The summed E-state index contributed by atoms with van der Waals surface area (Å²) in [6.45, 7) is 13.1. The summed E-state index contributed by atoms with van der Waals surface area (Å²) in [6.07, 6.45) is 4.44. The predicted octanol–water partition coefficient (Wildman–Crippen LogP) is 7.32. The van der Waals surface area contributed by atoms with E-state index >= 15 is 0 Å². The number of hydrogen-bond donors (Lipinski definition) is 1. The van der Waals surface area contributed by atoms with Crippen LogP contribution in [0.15, 0.2) is 72.3 Å². The molecule has 0 aliphatic rings. The zero-order chi connectivity index (χ0) is 28.4. The van der Waals surface area contributed by atoms with E-state index in [0.29, 0.717) is 0 Å². The number of nitrogens with one attached hydrogen (secondary N) is 1. The van der Waals surface area contributed by atoms with Gasteiger partial charge in [-0.15, -0.1) is 0 Å². The highest BCUT2D eigenvalue weighted by Crippen LogP contribution is 2.38. The smallest absolute Gasteiger partial charge is 0.332 e. The Labute approximate surface area is 231 Å². The van der Waals surface area contributed by atoms with Gasteiger partial charge in [0.05, 0.1) is 12.5 Å². The van der Waals surface area contributed by atoms with Crippen molar-refractivity contribution in [2.45, 2.75) is 53.5 Å². The van der Waals surface area contributed by atoms with Crippen LogP contribution in [0.1, 0.15) is 52.2 Å². The molecular weight excluding hydrogens is 510 g/mol. The standard InChI is InChI=1S/C31H37N3O4S/c1-22-15-17-34-27(19-22)32-28(29(34)33-31(5,6)21-30(2,3)4)24-13-14-25(26(20-24)37-7)38-39(35,36)18-16-23-11-9-8-10-12-23/h8-20,33H,21H2,1-7H3. The molecule has 0 unspecified atom stereocenters. The zero-order valence-electron chi connectivity index (χ0n) is 23.6. The summed E-state index contributed by atoms with van der Waals surface area (Å²) < 4.78 is 38.3. The molecule has 0 atom stereocenters. The van der Waals surface area contributed by atoms with Crippen LogP contribution in [0.4, 0.5) is 5.82 Å². The molecular formula is C31H37N3O4S. The number of ether oxygens (including phenoxy) is 1. The molecule has 2 aromatic heterocycles. The maximum Gasteiger partial charge on any atom is 0.332 e. The number of rotatable bonds is 9. The Kier molecular flexibility index (Phi) is 7.80. The van der Waals surface area contributed by atoms with Gasteiger partial charge in [0.25, 0.3) is 0 Å². The van der Waals surface area contributed by atoms with E-state index < -0.39 is 10.1 Å². The molecule has 0 spiro atoms. The van der Waals surface area contributed by atoms with Crippen molar-refractivity contribution in [2.75, 3.05) is 12.4 Å². The first-order valence-corrected chi connectivity index (χ1v) is 14.4. The monoisotopic (exact) mass is 547 g/mol. The molecule has 0 aliphatic carbocycles. The second kappa shape index (κ2) is 10.8. The van der Waals surface area contributed by atoms with Gasteiger partial charge in [-0.25, -0.2) is 4.98 Å². The van der Waals surface area contributed by atoms with Crippen LogP contribution in [0.25, 0.3) is 23.0 Å². The Balaban J connectivity index is 1.71. The average Bonchev–Trinajstić information content (AvgIpc) is 3.18. The van der Waals surface area contributed by atoms with Crippen molar-refractivity contribution in [3.05, 3.63) is 83.4 Å². The highest BCUT2D eigenvalue weighted by atomic mass is 32.2. The minimum Gasteiger partial charge on any atom is -0.493 e. The van der Waals surface area contributed by atoms with E-state index in [1.165, 1.54) is 13.2 Å². The topological polar surface area (TPSA) is 81.9 Å². The molecule has 0 saturated carbocycles. The zero-order valence-corrected chi connectivity index (χ0v) is 24.5. The van der Waals surface area contributed by atoms with Crippen LogP contribution in [0.2, 0.25) is 0 Å². The van der Waals surface area contributed by atoms with E-state index in [4.69, 9.17) is 13.9 Å². The number of nitrogens with zero attached hydrogens (tertiary/aromatic N) is 2. The average molecular weight is 548 g/mol. The highest BCUT2D eigenvalue weighted by Gasteiger charge is 2.28. The molecule has 0 aliphatic heterocycles. The van der Waals surface area contributed by atoms with Crippen LogP contribution in [-0.2, 0) is 10.1 Å². The van der Waals surface area contributed by atoms with Crippen molar-refractivity contribution in [2.24, 2.45) is 5.41 Å². The number of aryl methyl sites for hydroxylation is 1. The molecule has 7 nitrogen and oxygen atoms in total. The van der Waals surface area contributed by atoms with Gasteiger partial charge in [-0.05, 0) is 80.1 Å². The second-order valence-corrected chi connectivity index (χ2v) is 13.1. The molecule has 0 radical (unpaired) electrons. The van der Waals surface area contributed by atoms with Crippen molar-refractivity contribution in [3.8, 4) is 22.8 Å². The largest absolute Gasteiger partial charge is 0.493 e. The molecule has 4 rings (SSSR count). The molecule has 4 aromatic rings. The number of anilines is 1. The molecule has 0 amide bonds. The molecule has 206 valence electrons. The normalized spacial score (nSPS) is 12.7. The van der Waals surface area contributed by atoms with Crippen molar-refractivity contribution < 1.29 is 17.3 Å². The van der Waals surface area contributed by atoms with Crippen LogP contribution < -0.4 is 14.2 Å². The lowest BCUT2D eigenvalue weighted by Crippen LogP contribution is -2.36. The third kappa shape index (κ3) is 7.20. The first-order valence-electron chi connectivity index (χ1n) is 12.9. The summed E-state index contributed by atoms with van der Waals surface area (Å²) in [4.78, 5) is 4.94. The van der Waals surface area contributed by atoms with Crippen molar-refractivity contribution in [3.63, 3.8) is 0 Å². The summed E-state index contributed by atoms with van der Waals surface area (Å²) in [5, 5.41) is 4.77. The lowest BCUT2D eigenvalue weighted by molar-refractivity contribution is 0.302. The Hall–Kier alpha value is -3.78. The van der Waals surface area contributed by atoms with E-state index in [2.05, 4.69) is 39.9 Å². The molecule has 1 N–H and O–H groups in total. The quantitative estimate of drug-likeness (QED) is 0.221. The van der Waals surface area contributed by atoms with E-state index in [1.54, 1.807) is 18.2 Å². The van der Waals surface area contributed by atoms with Gasteiger partial charge in [0.1, 0.15) is 17.2 Å². The lowest BCUT2D eigenvalue weighted by atomic mass is 9.82. The molecule has 0 fully saturated rings. The lowest BCUT2D eigenvalue weighted by Gasteiger charge is -2.34. The minimum atomic E-state index is -4.01. The maximum atomic E-state index is 12.7. The van der Waals surface area contributed by atoms with Gasteiger partial charge in [-0.3, -0.25) is 4.40 Å². The van der Waals surface area contributed by atoms with Gasteiger partial charge in [0, 0.05) is 17.3 Å². The van der Waals surface area contributed by atoms with Gasteiger partial charge in [0.15, 0.2) is 11.5 Å². The Morgan fingerprint density at radius 1 is 0.974 bits per heavy atom. The van der Waals surface area contributed by atoms with Crippen molar-refractivity contribution >= 4 is 27.7 Å². The molecule has 39 heavy (non-hydrogen) atoms. The molecule has 0 bridgehead atoms. The van der Waals surface area contributed by atoms with Gasteiger partial charge in [0.2, 0.25) is 0 Å². The SMILES string of the molecule is COc1cc(-c2nc3cc(C)ccn3c2NC(C)(C)CC(C)(C)C)ccc1OS(=O)(=O)C=Cc1ccccc1. The van der Waals surface area contributed by atoms with E-state index in [9.17, 15) is 8.42 Å². The molecule has 2 heterocycles. The van der Waals surface area contributed by atoms with Crippen molar-refractivity contribution in [1.29, 1.82) is 0 Å². The highest BCUT2D eigenvalue weighted by molar-refractivity contribution is 7.90. The second-order valence-electron chi connectivity index (χ2n) is 11.6. The minimum absolute atomic E-state index is 0.0983. The van der Waals surface area contributed by atoms with E-state index in [1.807, 2.05) is 60.0 Å². The summed E-state index contributed by atoms with van der Waals surface area (Å²) in [7, 11) is -2.53. The number of imidazole rings is 1. The third-order valence-corrected chi connectivity index (χ3v) is 6.96. The van der Waals surface area contributed by atoms with E-state index in [0.717, 1.165) is 45.7 Å². The number of pyridine rings is 1. The first-order chi connectivity index (χ1) is 18.3. The van der Waals surface area contributed by atoms with Crippen LogP contribution in [-0.4, -0.2) is 30.5 Å². The number of hydrogen-bond acceptors (Lipinski definition) is 6. The van der Waals surface area contributed by atoms with Crippen LogP contribution >= 0.6 is 0 Å². The molecule has 8 heteroatoms. The van der Waals surface area contributed by atoms with Crippen LogP contribution in [0.3, 0.4) is 0 Å². The third-order valence-electron chi connectivity index (χ3n) is 6.08. The summed E-state index contributed by atoms with van der Waals surface area (Å²) in [6, 6.07) is 18.4. The van der Waals surface area contributed by atoms with Gasteiger partial charge in [-0.2, -0.15) is 8.42 Å². The number of fused-ring (bicyclic) bond motifs is 1. The van der Waals surface area contributed by atoms with Crippen molar-refractivity contribution in [1.82, 2.24) is 9.38 Å². The van der Waals surface area contributed by atoms with Gasteiger partial charge < -0.3 is 14.2 Å². The number of benzene rings is 2. The maximum absolute atomic E-state index is 12.7. The fourth-order valence-electron chi connectivity index (χ4n) is 4.92. The first kappa shape index (κ1) is 28.2. The van der Waals surface area contributed by atoms with Gasteiger partial charge in [-0.1, -0.05) is 51.1 Å². The number of methoxy groups -OCH3 is 1. The Morgan fingerprint density at radius 2 is 1.69 bits per heavy atom. The van der Waals surface area contributed by atoms with E-state index in [-0.39, 0.29) is 22.5 Å². The summed E-state index contributed by atoms with van der Waals surface area (Å²) in [5.74, 6) is 1.24. The fraction of sp³-hybridized carbons (Fsp3) is 0.323. The fourth-order valence-corrected chi connectivity index (χ4v) is 5.69. The molecule has 0 saturated heterocycles. The van der Waals surface area contributed by atoms with Crippen LogP contribution in [0, 0.1) is 12.3 Å². The van der Waals surface area contributed by atoms with Gasteiger partial charge >= 0.3 is 10.1 Å². The molecule has 2 aromatic carbocycles. The number of aromatic nitrogens is 2. The Morgan fingerprint density at radius 3 is 2.36 bits per heavy atom. The summed E-state index contributed by atoms with van der Waals surface area (Å²) >= 11 is 0. The van der Waals surface area contributed by atoms with Crippen LogP contribution in [0.5, 0.6) is 11.5 Å².